The molecule has 0 aromatic carbocycles. The number of nitrogens with zero attached hydrogens (tertiary/aromatic N) is 2. The number of nitrogens with one attached hydrogen (secondary N) is 1. The van der Waals surface area contributed by atoms with Crippen molar-refractivity contribution in [2.75, 3.05) is 19.6 Å². The lowest BCUT2D eigenvalue weighted by Crippen LogP contribution is -2.29. The molecule has 1 aliphatic rings. The first-order chi connectivity index (χ1) is 8.38. The Hall–Kier alpha value is -0.450. The second-order valence-electron chi connectivity index (χ2n) is 4.75. The monoisotopic (exact) mass is 253 g/mol. The van der Waals surface area contributed by atoms with E-state index >= 15 is 0 Å². The summed E-state index contributed by atoms with van der Waals surface area (Å²) >= 11 is 1.79. The van der Waals surface area contributed by atoms with Gasteiger partial charge < -0.3 is 5.32 Å². The van der Waals surface area contributed by atoms with Gasteiger partial charge in [0.15, 0.2) is 0 Å². The second-order valence-corrected chi connectivity index (χ2v) is 5.69. The molecule has 1 N–H and O–H groups in total. The van der Waals surface area contributed by atoms with Gasteiger partial charge in [0.05, 0.1) is 5.69 Å². The maximum atomic E-state index is 4.69. The van der Waals surface area contributed by atoms with E-state index in [9.17, 15) is 0 Å². The summed E-state index contributed by atoms with van der Waals surface area (Å²) in [6.45, 7) is 7.75. The van der Waals surface area contributed by atoms with Gasteiger partial charge in [-0.05, 0) is 38.9 Å². The van der Waals surface area contributed by atoms with E-state index in [1.165, 1.54) is 49.5 Å². The molecule has 0 unspecified atom stereocenters. The molecule has 1 saturated heterocycles. The third kappa shape index (κ3) is 4.37. The zero-order chi connectivity index (χ0) is 11.9. The number of rotatable bonds is 6. The van der Waals surface area contributed by atoms with Gasteiger partial charge in [0.2, 0.25) is 0 Å². The fourth-order valence-electron chi connectivity index (χ4n) is 2.22. The van der Waals surface area contributed by atoms with Gasteiger partial charge in [-0.2, -0.15) is 0 Å². The lowest BCUT2D eigenvalue weighted by molar-refractivity contribution is 0.219. The fraction of sp³-hybridized carbons (Fsp3) is 0.769. The van der Waals surface area contributed by atoms with Crippen LogP contribution in [0.1, 0.15) is 43.3 Å². The molecule has 2 heterocycles. The zero-order valence-electron chi connectivity index (χ0n) is 10.7. The number of thiazole rings is 1. The normalized spacial score (nSPS) is 17.5. The molecule has 3 nitrogen and oxygen atoms in total. The molecule has 1 aliphatic heterocycles. The van der Waals surface area contributed by atoms with Crippen molar-refractivity contribution in [3.8, 4) is 0 Å². The molecular weight excluding hydrogens is 230 g/mol. The van der Waals surface area contributed by atoms with E-state index in [4.69, 9.17) is 4.98 Å². The van der Waals surface area contributed by atoms with Crippen LogP contribution in [0.25, 0.3) is 0 Å². The first-order valence-electron chi connectivity index (χ1n) is 6.75. The van der Waals surface area contributed by atoms with Gasteiger partial charge in [0, 0.05) is 18.5 Å². The minimum atomic E-state index is 0.929. The Morgan fingerprint density at radius 1 is 1.35 bits per heavy atom. The molecule has 96 valence electrons. The Kier molecular flexibility index (Phi) is 5.42. The second kappa shape index (κ2) is 7.09. The van der Waals surface area contributed by atoms with Gasteiger partial charge in [0.1, 0.15) is 5.01 Å². The lowest BCUT2D eigenvalue weighted by atomic mass is 10.1. The van der Waals surface area contributed by atoms with E-state index < -0.39 is 0 Å². The third-order valence-corrected chi connectivity index (χ3v) is 4.03. The molecule has 1 fully saturated rings. The quantitative estimate of drug-likeness (QED) is 0.790. The average molecular weight is 253 g/mol. The number of piperidine rings is 1. The van der Waals surface area contributed by atoms with Crippen LogP contribution in [-0.4, -0.2) is 29.5 Å². The van der Waals surface area contributed by atoms with Crippen LogP contribution in [0.2, 0.25) is 0 Å². The molecule has 17 heavy (non-hydrogen) atoms. The molecule has 1 aromatic rings. The van der Waals surface area contributed by atoms with E-state index in [2.05, 4.69) is 22.5 Å². The SMILES string of the molecule is CCCNCc1nc(CN2CCCCC2)cs1. The summed E-state index contributed by atoms with van der Waals surface area (Å²) in [6, 6.07) is 0. The molecule has 0 amide bonds. The number of hydrogen-bond acceptors (Lipinski definition) is 4. The molecule has 0 aliphatic carbocycles. The van der Waals surface area contributed by atoms with Crippen LogP contribution in [-0.2, 0) is 13.1 Å². The number of hydrogen-bond donors (Lipinski definition) is 1. The highest BCUT2D eigenvalue weighted by Gasteiger charge is 2.12. The highest BCUT2D eigenvalue weighted by molar-refractivity contribution is 7.09. The Balaban J connectivity index is 1.76. The smallest absolute Gasteiger partial charge is 0.107 e. The lowest BCUT2D eigenvalue weighted by Gasteiger charge is -2.25. The van der Waals surface area contributed by atoms with Crippen LogP contribution in [0.15, 0.2) is 5.38 Å². The molecule has 0 saturated carbocycles. The molecule has 0 atom stereocenters. The standard InChI is InChI=1S/C13H23N3S/c1-2-6-14-9-13-15-12(11-17-13)10-16-7-4-3-5-8-16/h11,14H,2-10H2,1H3. The van der Waals surface area contributed by atoms with Crippen molar-refractivity contribution in [1.82, 2.24) is 15.2 Å². The minimum absolute atomic E-state index is 0.929. The van der Waals surface area contributed by atoms with Crippen molar-refractivity contribution in [3.63, 3.8) is 0 Å². The van der Waals surface area contributed by atoms with Gasteiger partial charge in [-0.25, -0.2) is 4.98 Å². The van der Waals surface area contributed by atoms with Crippen molar-refractivity contribution < 1.29 is 0 Å². The first-order valence-corrected chi connectivity index (χ1v) is 7.63. The maximum absolute atomic E-state index is 4.69. The van der Waals surface area contributed by atoms with E-state index in [0.717, 1.165) is 19.6 Å². The zero-order valence-corrected chi connectivity index (χ0v) is 11.6. The van der Waals surface area contributed by atoms with Gasteiger partial charge in [-0.3, -0.25) is 4.90 Å². The fourth-order valence-corrected chi connectivity index (χ4v) is 2.98. The van der Waals surface area contributed by atoms with Crippen molar-refractivity contribution in [3.05, 3.63) is 16.1 Å². The summed E-state index contributed by atoms with van der Waals surface area (Å²) in [5, 5.41) is 6.85. The predicted octanol–water partition coefficient (Wildman–Crippen LogP) is 2.63. The van der Waals surface area contributed by atoms with Gasteiger partial charge in [0.25, 0.3) is 0 Å². The van der Waals surface area contributed by atoms with Crippen LogP contribution in [0.4, 0.5) is 0 Å². The molecule has 0 bridgehead atoms. The molecule has 0 radical (unpaired) electrons. The van der Waals surface area contributed by atoms with Crippen molar-refractivity contribution in [2.24, 2.45) is 0 Å². The van der Waals surface area contributed by atoms with Crippen LogP contribution in [0, 0.1) is 0 Å². The van der Waals surface area contributed by atoms with Crippen molar-refractivity contribution in [2.45, 2.75) is 45.7 Å². The highest BCUT2D eigenvalue weighted by Crippen LogP contribution is 2.15. The van der Waals surface area contributed by atoms with E-state index in [0.29, 0.717) is 0 Å². The largest absolute Gasteiger partial charge is 0.310 e. The Bertz CT molecular complexity index is 318. The van der Waals surface area contributed by atoms with Crippen molar-refractivity contribution >= 4 is 11.3 Å². The van der Waals surface area contributed by atoms with Gasteiger partial charge in [-0.15, -0.1) is 11.3 Å². The van der Waals surface area contributed by atoms with Crippen LogP contribution < -0.4 is 5.32 Å². The summed E-state index contributed by atoms with van der Waals surface area (Å²) in [7, 11) is 0. The summed E-state index contributed by atoms with van der Waals surface area (Å²) in [6.07, 6.45) is 5.30. The number of aromatic nitrogens is 1. The molecule has 0 spiro atoms. The van der Waals surface area contributed by atoms with E-state index in [1.807, 2.05) is 0 Å². The Labute approximate surface area is 108 Å². The van der Waals surface area contributed by atoms with Crippen LogP contribution in [0.3, 0.4) is 0 Å². The first kappa shape index (κ1) is 13.0. The summed E-state index contributed by atoms with van der Waals surface area (Å²) in [4.78, 5) is 7.22. The van der Waals surface area contributed by atoms with E-state index in [-0.39, 0.29) is 0 Å². The molecular formula is C13H23N3S. The van der Waals surface area contributed by atoms with Gasteiger partial charge in [-0.1, -0.05) is 13.3 Å². The minimum Gasteiger partial charge on any atom is -0.310 e. The maximum Gasteiger partial charge on any atom is 0.107 e. The summed E-state index contributed by atoms with van der Waals surface area (Å²) in [5.74, 6) is 0. The van der Waals surface area contributed by atoms with Crippen LogP contribution >= 0.6 is 11.3 Å². The average Bonchev–Trinajstić information content (AvgIpc) is 2.79. The van der Waals surface area contributed by atoms with Gasteiger partial charge >= 0.3 is 0 Å². The molecule has 4 heteroatoms. The molecule has 1 aromatic heterocycles. The highest BCUT2D eigenvalue weighted by atomic mass is 32.1. The van der Waals surface area contributed by atoms with Crippen molar-refractivity contribution in [1.29, 1.82) is 0 Å². The summed E-state index contributed by atoms with van der Waals surface area (Å²) < 4.78 is 0. The summed E-state index contributed by atoms with van der Waals surface area (Å²) in [5.41, 5.74) is 1.25. The molecule has 2 rings (SSSR count). The predicted molar refractivity (Wildman–Crippen MR) is 73.2 cm³/mol. The Morgan fingerprint density at radius 2 is 2.18 bits per heavy atom. The number of likely N-dealkylation sites (tertiary alicyclic amines) is 1. The van der Waals surface area contributed by atoms with E-state index in [1.54, 1.807) is 11.3 Å². The topological polar surface area (TPSA) is 28.2 Å². The Morgan fingerprint density at radius 3 is 2.94 bits per heavy atom. The van der Waals surface area contributed by atoms with Crippen LogP contribution in [0.5, 0.6) is 0 Å². The third-order valence-electron chi connectivity index (χ3n) is 3.14.